The Balaban J connectivity index is 2.11. The molecule has 2 aromatic rings. The highest BCUT2D eigenvalue weighted by atomic mass is 32.2. The zero-order valence-electron chi connectivity index (χ0n) is 16.5. The minimum atomic E-state index is -0.327. The van der Waals surface area contributed by atoms with Gasteiger partial charge in [0.05, 0.1) is 13.7 Å². The predicted molar refractivity (Wildman–Crippen MR) is 104 cm³/mol. The Labute approximate surface area is 164 Å². The van der Waals surface area contributed by atoms with Gasteiger partial charge in [-0.2, -0.15) is 0 Å². The van der Waals surface area contributed by atoms with Gasteiger partial charge in [0.25, 0.3) is 0 Å². The van der Waals surface area contributed by atoms with E-state index < -0.39 is 0 Å². The van der Waals surface area contributed by atoms with E-state index >= 15 is 0 Å². The van der Waals surface area contributed by atoms with E-state index in [-0.39, 0.29) is 23.7 Å². The van der Waals surface area contributed by atoms with E-state index in [0.717, 1.165) is 5.75 Å². The summed E-state index contributed by atoms with van der Waals surface area (Å²) in [5, 5.41) is 8.87. The van der Waals surface area contributed by atoms with Crippen molar-refractivity contribution >= 4 is 17.7 Å². The molecule has 0 aliphatic heterocycles. The Morgan fingerprint density at radius 1 is 1.22 bits per heavy atom. The maximum Gasteiger partial charge on any atom is 0.319 e. The third kappa shape index (κ3) is 5.63. The molecule has 0 radical (unpaired) electrons. The van der Waals surface area contributed by atoms with Crippen LogP contribution < -0.4 is 9.47 Å². The first-order valence-corrected chi connectivity index (χ1v) is 9.90. The molecule has 8 heteroatoms. The van der Waals surface area contributed by atoms with E-state index in [2.05, 4.69) is 10.2 Å². The van der Waals surface area contributed by atoms with Crippen LogP contribution in [-0.4, -0.2) is 39.7 Å². The molecule has 0 bridgehead atoms. The Hall–Kier alpha value is -2.22. The minimum Gasteiger partial charge on any atom is -0.497 e. The summed E-state index contributed by atoms with van der Waals surface area (Å²) in [5.41, 5.74) is 0. The van der Waals surface area contributed by atoms with Gasteiger partial charge in [-0.3, -0.25) is 4.79 Å². The van der Waals surface area contributed by atoms with Gasteiger partial charge in [0.15, 0.2) is 11.0 Å². The summed E-state index contributed by atoms with van der Waals surface area (Å²) in [7, 11) is 1.62. The summed E-state index contributed by atoms with van der Waals surface area (Å²) in [6, 6.07) is 7.41. The molecule has 7 nitrogen and oxygen atoms in total. The number of nitrogens with zero attached hydrogens (tertiary/aromatic N) is 3. The first-order chi connectivity index (χ1) is 13.0. The van der Waals surface area contributed by atoms with Crippen molar-refractivity contribution in [3.63, 3.8) is 0 Å². The number of hydrogen-bond donors (Lipinski definition) is 0. The molecule has 1 heterocycles. The molecule has 0 spiro atoms. The lowest BCUT2D eigenvalue weighted by atomic mass is 10.1. The molecule has 0 aliphatic rings. The van der Waals surface area contributed by atoms with Crippen LogP contribution in [0.5, 0.6) is 11.5 Å². The summed E-state index contributed by atoms with van der Waals surface area (Å²) >= 11 is 1.38. The van der Waals surface area contributed by atoms with Crippen molar-refractivity contribution in [1.29, 1.82) is 0 Å². The lowest BCUT2D eigenvalue weighted by Crippen LogP contribution is -2.26. The van der Waals surface area contributed by atoms with Crippen LogP contribution in [0, 0.1) is 5.92 Å². The lowest BCUT2D eigenvalue weighted by molar-refractivity contribution is -0.143. The van der Waals surface area contributed by atoms with Gasteiger partial charge in [-0.15, -0.1) is 10.2 Å². The molecule has 0 saturated carbocycles. The summed E-state index contributed by atoms with van der Waals surface area (Å²) in [5.74, 6) is 2.02. The number of hydrogen-bond acceptors (Lipinski definition) is 7. The third-order valence-corrected chi connectivity index (χ3v) is 5.38. The van der Waals surface area contributed by atoms with E-state index in [1.807, 2.05) is 56.5 Å². The fourth-order valence-electron chi connectivity index (χ4n) is 2.46. The van der Waals surface area contributed by atoms with Crippen molar-refractivity contribution in [2.45, 2.75) is 51.3 Å². The van der Waals surface area contributed by atoms with Crippen LogP contribution in [-0.2, 0) is 22.7 Å². The van der Waals surface area contributed by atoms with Crippen LogP contribution in [0.3, 0.4) is 0 Å². The standard InChI is InChI=1S/C19H27N3O4S/c1-6-22-16(12-26-15-10-8-9-14(11-15)24-5)20-21-19(22)27-17(13(3)4)18(23)25-7-2/h8-11,13,17H,6-7,12H2,1-5H3. The number of ether oxygens (including phenoxy) is 3. The van der Waals surface area contributed by atoms with Gasteiger partial charge in [0.2, 0.25) is 0 Å². The number of thioether (sulfide) groups is 1. The summed E-state index contributed by atoms with van der Waals surface area (Å²) in [4.78, 5) is 12.2. The molecule has 2 rings (SSSR count). The van der Waals surface area contributed by atoms with E-state index in [9.17, 15) is 4.79 Å². The van der Waals surface area contributed by atoms with Crippen molar-refractivity contribution in [1.82, 2.24) is 14.8 Å². The molecule has 0 N–H and O–H groups in total. The third-order valence-electron chi connectivity index (χ3n) is 3.88. The number of esters is 1. The number of rotatable bonds is 10. The Morgan fingerprint density at radius 3 is 2.59 bits per heavy atom. The predicted octanol–water partition coefficient (Wildman–Crippen LogP) is 3.57. The Kier molecular flexibility index (Phi) is 7.97. The highest BCUT2D eigenvalue weighted by Crippen LogP contribution is 2.29. The Morgan fingerprint density at radius 2 is 1.96 bits per heavy atom. The average molecular weight is 394 g/mol. The van der Waals surface area contributed by atoms with Gasteiger partial charge in [0.1, 0.15) is 23.4 Å². The highest BCUT2D eigenvalue weighted by molar-refractivity contribution is 8.00. The van der Waals surface area contributed by atoms with Gasteiger partial charge in [-0.1, -0.05) is 31.7 Å². The monoisotopic (exact) mass is 393 g/mol. The fraction of sp³-hybridized carbons (Fsp3) is 0.526. The zero-order valence-corrected chi connectivity index (χ0v) is 17.3. The van der Waals surface area contributed by atoms with Crippen LogP contribution >= 0.6 is 11.8 Å². The number of aromatic nitrogens is 3. The minimum absolute atomic E-state index is 0.118. The SMILES string of the molecule is CCOC(=O)C(Sc1nnc(COc2cccc(OC)c2)n1CC)C(C)C. The first kappa shape index (κ1) is 21.1. The largest absolute Gasteiger partial charge is 0.497 e. The zero-order chi connectivity index (χ0) is 19.8. The maximum atomic E-state index is 12.2. The van der Waals surface area contributed by atoms with Crippen LogP contribution in [0.4, 0.5) is 0 Å². The molecule has 148 valence electrons. The molecule has 0 saturated heterocycles. The van der Waals surface area contributed by atoms with Crippen LogP contribution in [0.15, 0.2) is 29.4 Å². The highest BCUT2D eigenvalue weighted by Gasteiger charge is 2.27. The topological polar surface area (TPSA) is 75.5 Å². The number of carbonyl (C=O) groups excluding carboxylic acids is 1. The van der Waals surface area contributed by atoms with Crippen LogP contribution in [0.1, 0.15) is 33.5 Å². The molecule has 1 unspecified atom stereocenters. The van der Waals surface area contributed by atoms with Crippen molar-refractivity contribution in [3.8, 4) is 11.5 Å². The lowest BCUT2D eigenvalue weighted by Gasteiger charge is -2.18. The fourth-order valence-corrected chi connectivity index (χ4v) is 3.58. The normalized spacial score (nSPS) is 12.1. The molecule has 1 atom stereocenters. The van der Waals surface area contributed by atoms with E-state index in [1.165, 1.54) is 11.8 Å². The van der Waals surface area contributed by atoms with E-state index in [4.69, 9.17) is 14.2 Å². The smallest absolute Gasteiger partial charge is 0.319 e. The molecule has 1 aromatic heterocycles. The number of benzene rings is 1. The molecule has 27 heavy (non-hydrogen) atoms. The molecular weight excluding hydrogens is 366 g/mol. The second-order valence-electron chi connectivity index (χ2n) is 6.15. The number of carbonyl (C=O) groups is 1. The summed E-state index contributed by atoms with van der Waals surface area (Å²) in [6.45, 7) is 9.13. The quantitative estimate of drug-likeness (QED) is 0.451. The molecule has 0 aliphatic carbocycles. The first-order valence-electron chi connectivity index (χ1n) is 9.02. The van der Waals surface area contributed by atoms with Gasteiger partial charge >= 0.3 is 5.97 Å². The van der Waals surface area contributed by atoms with Crippen LogP contribution in [0.25, 0.3) is 0 Å². The van der Waals surface area contributed by atoms with Crippen molar-refractivity contribution in [2.75, 3.05) is 13.7 Å². The second kappa shape index (κ2) is 10.2. The summed E-state index contributed by atoms with van der Waals surface area (Å²) < 4.78 is 18.2. The van der Waals surface area contributed by atoms with Crippen molar-refractivity contribution in [3.05, 3.63) is 30.1 Å². The summed E-state index contributed by atoms with van der Waals surface area (Å²) in [6.07, 6.45) is 0. The van der Waals surface area contributed by atoms with E-state index in [0.29, 0.717) is 29.9 Å². The van der Waals surface area contributed by atoms with Crippen molar-refractivity contribution in [2.24, 2.45) is 5.92 Å². The maximum absolute atomic E-state index is 12.2. The van der Waals surface area contributed by atoms with Gasteiger partial charge < -0.3 is 18.8 Å². The number of methoxy groups -OCH3 is 1. The second-order valence-corrected chi connectivity index (χ2v) is 7.25. The van der Waals surface area contributed by atoms with E-state index in [1.54, 1.807) is 7.11 Å². The Bertz CT molecular complexity index is 748. The molecule has 0 fully saturated rings. The van der Waals surface area contributed by atoms with Gasteiger partial charge in [0, 0.05) is 12.6 Å². The van der Waals surface area contributed by atoms with Crippen LogP contribution in [0.2, 0.25) is 0 Å². The molecular formula is C19H27N3O4S. The van der Waals surface area contributed by atoms with Gasteiger partial charge in [-0.25, -0.2) is 0 Å². The van der Waals surface area contributed by atoms with Crippen molar-refractivity contribution < 1.29 is 19.0 Å². The molecule has 0 amide bonds. The molecule has 1 aromatic carbocycles. The average Bonchev–Trinajstić information content (AvgIpc) is 3.06. The van der Waals surface area contributed by atoms with Gasteiger partial charge in [-0.05, 0) is 31.9 Å².